The molecule has 0 fully saturated rings. The van der Waals surface area contributed by atoms with E-state index in [-0.39, 0.29) is 5.56 Å². The summed E-state index contributed by atoms with van der Waals surface area (Å²) in [7, 11) is 0. The number of aromatic nitrogens is 2. The van der Waals surface area contributed by atoms with Gasteiger partial charge >= 0.3 is 6.03 Å². The number of carbonyl (C=O) groups excluding carboxylic acids is 2. The zero-order valence-corrected chi connectivity index (χ0v) is 18.3. The van der Waals surface area contributed by atoms with Crippen molar-refractivity contribution in [3.05, 3.63) is 51.1 Å². The summed E-state index contributed by atoms with van der Waals surface area (Å²) in [4.78, 5) is 43.6. The van der Waals surface area contributed by atoms with Crippen LogP contribution in [0.4, 0.5) is 4.79 Å². The van der Waals surface area contributed by atoms with Gasteiger partial charge in [0.15, 0.2) is 5.16 Å². The Balaban J connectivity index is 1.87. The van der Waals surface area contributed by atoms with Crippen molar-refractivity contribution in [3.63, 3.8) is 0 Å². The molecule has 9 heteroatoms. The highest BCUT2D eigenvalue weighted by Crippen LogP contribution is 2.37. The number of rotatable bonds is 4. The van der Waals surface area contributed by atoms with Crippen LogP contribution in [0.5, 0.6) is 0 Å². The third-order valence-corrected chi connectivity index (χ3v) is 7.41. The molecule has 1 aromatic carbocycles. The van der Waals surface area contributed by atoms with Crippen molar-refractivity contribution < 1.29 is 9.59 Å². The molecule has 3 amide bonds. The van der Waals surface area contributed by atoms with E-state index in [0.29, 0.717) is 27.0 Å². The highest BCUT2D eigenvalue weighted by atomic mass is 32.2. The molecule has 156 valence electrons. The smallest absolute Gasteiger partial charge is 0.318 e. The maximum absolute atomic E-state index is 13.6. The van der Waals surface area contributed by atoms with Gasteiger partial charge in [-0.3, -0.25) is 19.5 Å². The second-order valence-electron chi connectivity index (χ2n) is 7.52. The molecule has 4 rings (SSSR count). The molecule has 0 saturated carbocycles. The lowest BCUT2D eigenvalue weighted by Crippen LogP contribution is -2.39. The Labute approximate surface area is 181 Å². The van der Waals surface area contributed by atoms with Crippen LogP contribution in [0.15, 0.2) is 40.3 Å². The number of para-hydroxylation sites is 1. The highest BCUT2D eigenvalue weighted by Gasteiger charge is 2.26. The van der Waals surface area contributed by atoms with E-state index in [4.69, 9.17) is 10.7 Å². The van der Waals surface area contributed by atoms with Crippen LogP contribution >= 0.6 is 23.1 Å². The third kappa shape index (κ3) is 3.87. The topological polar surface area (TPSA) is 107 Å². The van der Waals surface area contributed by atoms with Crippen LogP contribution in [0.1, 0.15) is 30.7 Å². The predicted molar refractivity (Wildman–Crippen MR) is 119 cm³/mol. The van der Waals surface area contributed by atoms with Crippen molar-refractivity contribution in [1.82, 2.24) is 14.9 Å². The van der Waals surface area contributed by atoms with Gasteiger partial charge in [0, 0.05) is 4.88 Å². The van der Waals surface area contributed by atoms with Gasteiger partial charge < -0.3 is 5.73 Å². The van der Waals surface area contributed by atoms with Gasteiger partial charge in [0.2, 0.25) is 5.91 Å². The number of primary amides is 1. The molecule has 0 radical (unpaired) electrons. The van der Waals surface area contributed by atoms with Crippen LogP contribution in [-0.4, -0.2) is 26.7 Å². The minimum atomic E-state index is -0.906. The second-order valence-corrected chi connectivity index (χ2v) is 9.91. The Bertz CT molecular complexity index is 1190. The fraction of sp³-hybridized carbons (Fsp3) is 0.333. The summed E-state index contributed by atoms with van der Waals surface area (Å²) in [6, 6.07) is 8.37. The van der Waals surface area contributed by atoms with Gasteiger partial charge in [0.25, 0.3) is 5.56 Å². The van der Waals surface area contributed by atoms with E-state index in [1.807, 2.05) is 30.3 Å². The summed E-state index contributed by atoms with van der Waals surface area (Å²) >= 11 is 2.70. The largest absolute Gasteiger partial charge is 0.351 e. The van der Waals surface area contributed by atoms with Crippen molar-refractivity contribution >= 4 is 45.3 Å². The van der Waals surface area contributed by atoms with Gasteiger partial charge in [-0.15, -0.1) is 11.3 Å². The molecule has 3 aromatic rings. The number of imide groups is 1. The lowest BCUT2D eigenvalue weighted by Gasteiger charge is -2.18. The monoisotopic (exact) mass is 442 g/mol. The molecule has 1 aliphatic carbocycles. The molecule has 0 unspecified atom stereocenters. The Morgan fingerprint density at radius 1 is 1.33 bits per heavy atom. The fourth-order valence-corrected chi connectivity index (χ4v) is 6.04. The number of thioether (sulfide) groups is 1. The molecule has 3 N–H and O–H groups in total. The van der Waals surface area contributed by atoms with Gasteiger partial charge in [0.1, 0.15) is 4.83 Å². The maximum atomic E-state index is 13.6. The minimum Gasteiger partial charge on any atom is -0.351 e. The number of amides is 3. The van der Waals surface area contributed by atoms with Crippen LogP contribution in [0.25, 0.3) is 15.9 Å². The molecule has 0 saturated heterocycles. The third-order valence-electron chi connectivity index (χ3n) is 5.21. The van der Waals surface area contributed by atoms with Crippen LogP contribution in [-0.2, 0) is 17.6 Å². The SMILES string of the molecule is C[C@H]1CCc2c(sc3nc(S[C@H](C)C(=O)NC(N)=O)n(-c4ccccc4)c(=O)c23)C1. The van der Waals surface area contributed by atoms with Crippen molar-refractivity contribution in [2.75, 3.05) is 0 Å². The van der Waals surface area contributed by atoms with Gasteiger partial charge in [-0.25, -0.2) is 9.78 Å². The molecule has 30 heavy (non-hydrogen) atoms. The van der Waals surface area contributed by atoms with Crippen LogP contribution in [0.2, 0.25) is 0 Å². The normalized spacial score (nSPS) is 16.8. The number of benzene rings is 1. The molecule has 0 bridgehead atoms. The summed E-state index contributed by atoms with van der Waals surface area (Å²) < 4.78 is 1.56. The minimum absolute atomic E-state index is 0.122. The molecule has 2 aromatic heterocycles. The van der Waals surface area contributed by atoms with Crippen molar-refractivity contribution in [3.8, 4) is 5.69 Å². The standard InChI is InChI=1S/C21H22N4O3S2/c1-11-8-9-14-15(10-11)30-18-16(14)19(27)25(13-6-4-3-5-7-13)21(24-18)29-12(2)17(26)23-20(22)28/h3-7,11-12H,8-10H2,1-2H3,(H3,22,23,26,28)/t11-,12+/m0/s1. The first kappa shape index (κ1) is 20.6. The first-order chi connectivity index (χ1) is 14.3. The van der Waals surface area contributed by atoms with E-state index in [1.54, 1.807) is 22.8 Å². The summed E-state index contributed by atoms with van der Waals surface area (Å²) in [5, 5.41) is 2.52. The molecule has 2 heterocycles. The number of nitrogens with zero attached hydrogens (tertiary/aromatic N) is 2. The first-order valence-electron chi connectivity index (χ1n) is 9.74. The Morgan fingerprint density at radius 2 is 2.07 bits per heavy atom. The van der Waals surface area contributed by atoms with Gasteiger partial charge in [0.05, 0.1) is 16.3 Å². The molecule has 7 nitrogen and oxygen atoms in total. The number of hydrogen-bond acceptors (Lipinski definition) is 6. The molecule has 2 atom stereocenters. The van der Waals surface area contributed by atoms with E-state index >= 15 is 0 Å². The van der Waals surface area contributed by atoms with Gasteiger partial charge in [-0.2, -0.15) is 0 Å². The summed E-state index contributed by atoms with van der Waals surface area (Å²) in [5.74, 6) is 0.0639. The lowest BCUT2D eigenvalue weighted by molar-refractivity contribution is -0.119. The number of thiophene rings is 1. The van der Waals surface area contributed by atoms with Gasteiger partial charge in [-0.05, 0) is 49.8 Å². The van der Waals surface area contributed by atoms with Crippen molar-refractivity contribution in [1.29, 1.82) is 0 Å². The van der Waals surface area contributed by atoms with E-state index in [1.165, 1.54) is 4.88 Å². The summed E-state index contributed by atoms with van der Waals surface area (Å²) in [6.07, 6.45) is 2.90. The number of fused-ring (bicyclic) bond motifs is 3. The molecule has 0 spiro atoms. The number of carbonyl (C=O) groups is 2. The van der Waals surface area contributed by atoms with Crippen LogP contribution in [0.3, 0.4) is 0 Å². The van der Waals surface area contributed by atoms with E-state index in [9.17, 15) is 14.4 Å². The molecular weight excluding hydrogens is 420 g/mol. The zero-order valence-electron chi connectivity index (χ0n) is 16.7. The number of nitrogens with one attached hydrogen (secondary N) is 1. The van der Waals surface area contributed by atoms with E-state index < -0.39 is 17.2 Å². The van der Waals surface area contributed by atoms with Crippen LogP contribution < -0.4 is 16.6 Å². The van der Waals surface area contributed by atoms with Gasteiger partial charge in [-0.1, -0.05) is 36.9 Å². The number of urea groups is 1. The number of nitrogens with two attached hydrogens (primary N) is 1. The van der Waals surface area contributed by atoms with Crippen molar-refractivity contribution in [2.24, 2.45) is 11.7 Å². The molecular formula is C21H22N4O3S2. The number of hydrogen-bond donors (Lipinski definition) is 2. The Kier molecular flexibility index (Phi) is 5.66. The molecule has 0 aliphatic heterocycles. The second kappa shape index (κ2) is 8.23. The quantitative estimate of drug-likeness (QED) is 0.476. The Morgan fingerprint density at radius 3 is 2.77 bits per heavy atom. The van der Waals surface area contributed by atoms with Crippen molar-refractivity contribution in [2.45, 2.75) is 43.5 Å². The summed E-state index contributed by atoms with van der Waals surface area (Å²) in [6.45, 7) is 3.87. The predicted octanol–water partition coefficient (Wildman–Crippen LogP) is 3.25. The van der Waals surface area contributed by atoms with Crippen LogP contribution in [0, 0.1) is 5.92 Å². The highest BCUT2D eigenvalue weighted by molar-refractivity contribution is 8.00. The Hall–Kier alpha value is -2.65. The average Bonchev–Trinajstić information content (AvgIpc) is 3.05. The lowest BCUT2D eigenvalue weighted by atomic mass is 9.89. The summed E-state index contributed by atoms with van der Waals surface area (Å²) in [5.41, 5.74) is 6.74. The molecule has 1 aliphatic rings. The van der Waals surface area contributed by atoms with E-state index in [0.717, 1.165) is 36.6 Å². The fourth-order valence-electron chi connectivity index (χ4n) is 3.69. The zero-order chi connectivity index (χ0) is 21.4. The maximum Gasteiger partial charge on any atom is 0.318 e. The van der Waals surface area contributed by atoms with E-state index in [2.05, 4.69) is 12.2 Å². The first-order valence-corrected chi connectivity index (χ1v) is 11.4. The average molecular weight is 443 g/mol. The number of aryl methyl sites for hydroxylation is 1.